The molecule has 0 saturated heterocycles. The second-order valence-electron chi connectivity index (χ2n) is 5.45. The minimum absolute atomic E-state index is 0.0345. The van der Waals surface area contributed by atoms with Crippen LogP contribution in [0, 0.1) is 17.0 Å². The van der Waals surface area contributed by atoms with Crippen LogP contribution in [0.5, 0.6) is 0 Å². The lowest BCUT2D eigenvalue weighted by Gasteiger charge is -2.05. The van der Waals surface area contributed by atoms with Gasteiger partial charge in [-0.05, 0) is 41.8 Å². The molecule has 2 rings (SSSR count). The molecule has 25 heavy (non-hydrogen) atoms. The van der Waals surface area contributed by atoms with Gasteiger partial charge in [-0.3, -0.25) is 14.9 Å². The molecule has 6 heteroatoms. The molecule has 2 aromatic carbocycles. The van der Waals surface area contributed by atoms with Gasteiger partial charge in [0.25, 0.3) is 5.69 Å². The number of aryl methyl sites for hydroxylation is 1. The number of nitro benzene ring substituents is 1. The molecule has 0 aromatic heterocycles. The summed E-state index contributed by atoms with van der Waals surface area (Å²) in [6.45, 7) is 2.70. The highest BCUT2D eigenvalue weighted by atomic mass is 32.2. The van der Waals surface area contributed by atoms with E-state index in [1.807, 2.05) is 12.1 Å². The number of rotatable bonds is 8. The van der Waals surface area contributed by atoms with E-state index in [0.717, 1.165) is 17.1 Å². The molecule has 0 heterocycles. The predicted molar refractivity (Wildman–Crippen MR) is 102 cm³/mol. The van der Waals surface area contributed by atoms with E-state index in [9.17, 15) is 14.9 Å². The van der Waals surface area contributed by atoms with E-state index >= 15 is 0 Å². The first-order valence-electron chi connectivity index (χ1n) is 7.89. The molecule has 0 radical (unpaired) electrons. The van der Waals surface area contributed by atoms with E-state index in [1.165, 1.54) is 29.3 Å². The van der Waals surface area contributed by atoms with Crippen LogP contribution in [-0.4, -0.2) is 23.1 Å². The molecule has 0 bridgehead atoms. The molecule has 0 unspecified atom stereocenters. The van der Waals surface area contributed by atoms with Gasteiger partial charge in [-0.25, -0.2) is 0 Å². The second kappa shape index (κ2) is 9.64. The Kier molecular flexibility index (Phi) is 7.22. The average molecular weight is 356 g/mol. The lowest BCUT2D eigenvalue weighted by atomic mass is 10.1. The highest BCUT2D eigenvalue weighted by Gasteiger charge is 2.03. The van der Waals surface area contributed by atoms with Gasteiger partial charge >= 0.3 is 0 Å². The topological polar surface area (TPSA) is 72.2 Å². The van der Waals surface area contributed by atoms with Crippen LogP contribution in [0.1, 0.15) is 16.7 Å². The predicted octanol–water partition coefficient (Wildman–Crippen LogP) is 3.97. The third-order valence-corrected chi connectivity index (χ3v) is 4.60. The SMILES string of the molecule is Cc1ccccc1CSCCNC(=O)/C=C/c1ccc([N+](=O)[O-])cc1. The fraction of sp³-hybridized carbons (Fsp3) is 0.211. The number of nitrogens with one attached hydrogen (secondary N) is 1. The summed E-state index contributed by atoms with van der Waals surface area (Å²) >= 11 is 1.78. The van der Waals surface area contributed by atoms with Crippen molar-refractivity contribution in [3.8, 4) is 0 Å². The van der Waals surface area contributed by atoms with Crippen molar-refractivity contribution >= 4 is 29.4 Å². The Morgan fingerprint density at radius 2 is 1.92 bits per heavy atom. The van der Waals surface area contributed by atoms with Gasteiger partial charge in [-0.2, -0.15) is 11.8 Å². The zero-order valence-electron chi connectivity index (χ0n) is 14.0. The normalized spacial score (nSPS) is 10.8. The van der Waals surface area contributed by atoms with Gasteiger partial charge in [0.05, 0.1) is 4.92 Å². The minimum Gasteiger partial charge on any atom is -0.352 e. The van der Waals surface area contributed by atoms with Crippen molar-refractivity contribution in [1.82, 2.24) is 5.32 Å². The molecule has 0 saturated carbocycles. The molecule has 0 fully saturated rings. The van der Waals surface area contributed by atoms with Gasteiger partial charge in [0.15, 0.2) is 0 Å². The Hall–Kier alpha value is -2.60. The van der Waals surface area contributed by atoms with Gasteiger partial charge in [0.1, 0.15) is 0 Å². The van der Waals surface area contributed by atoms with Crippen LogP contribution in [0.3, 0.4) is 0 Å². The first kappa shape index (κ1) is 18.7. The van der Waals surface area contributed by atoms with E-state index < -0.39 is 4.92 Å². The first-order valence-corrected chi connectivity index (χ1v) is 9.04. The maximum absolute atomic E-state index is 11.8. The van der Waals surface area contributed by atoms with Gasteiger partial charge in [-0.15, -0.1) is 0 Å². The van der Waals surface area contributed by atoms with Crippen LogP contribution in [0.4, 0.5) is 5.69 Å². The van der Waals surface area contributed by atoms with Crippen LogP contribution in [0.15, 0.2) is 54.6 Å². The highest BCUT2D eigenvalue weighted by molar-refractivity contribution is 7.98. The summed E-state index contributed by atoms with van der Waals surface area (Å²) in [4.78, 5) is 21.9. The molecular formula is C19H20N2O3S. The summed E-state index contributed by atoms with van der Waals surface area (Å²) < 4.78 is 0. The summed E-state index contributed by atoms with van der Waals surface area (Å²) in [6.07, 6.45) is 3.08. The summed E-state index contributed by atoms with van der Waals surface area (Å²) in [5.41, 5.74) is 3.38. The van der Waals surface area contributed by atoms with Gasteiger partial charge in [0, 0.05) is 36.3 Å². The lowest BCUT2D eigenvalue weighted by Crippen LogP contribution is -2.23. The molecule has 5 nitrogen and oxygen atoms in total. The number of nitro groups is 1. The molecule has 0 aliphatic rings. The molecule has 2 aromatic rings. The molecule has 0 aliphatic heterocycles. The van der Waals surface area contributed by atoms with E-state index in [1.54, 1.807) is 30.0 Å². The van der Waals surface area contributed by atoms with E-state index in [4.69, 9.17) is 0 Å². The number of carbonyl (C=O) groups excluding carboxylic acids is 1. The van der Waals surface area contributed by atoms with E-state index in [-0.39, 0.29) is 11.6 Å². The molecule has 130 valence electrons. The van der Waals surface area contributed by atoms with Crippen LogP contribution in [0.2, 0.25) is 0 Å². The van der Waals surface area contributed by atoms with E-state index in [2.05, 4.69) is 24.4 Å². The Morgan fingerprint density at radius 3 is 2.60 bits per heavy atom. The summed E-state index contributed by atoms with van der Waals surface area (Å²) in [7, 11) is 0. The number of non-ortho nitro benzene ring substituents is 1. The van der Waals surface area contributed by atoms with E-state index in [0.29, 0.717) is 6.54 Å². The number of hydrogen-bond donors (Lipinski definition) is 1. The Morgan fingerprint density at radius 1 is 1.20 bits per heavy atom. The fourth-order valence-electron chi connectivity index (χ4n) is 2.14. The molecular weight excluding hydrogens is 336 g/mol. The Bertz CT molecular complexity index is 758. The number of nitrogens with zero attached hydrogens (tertiary/aromatic N) is 1. The Balaban J connectivity index is 1.68. The van der Waals surface area contributed by atoms with Crippen molar-refractivity contribution in [2.45, 2.75) is 12.7 Å². The summed E-state index contributed by atoms with van der Waals surface area (Å²) in [6, 6.07) is 14.3. The zero-order chi connectivity index (χ0) is 18.1. The van der Waals surface area contributed by atoms with Crippen LogP contribution in [-0.2, 0) is 10.5 Å². The third kappa shape index (κ3) is 6.43. The van der Waals surface area contributed by atoms with Crippen LogP contribution in [0.25, 0.3) is 6.08 Å². The van der Waals surface area contributed by atoms with Crippen molar-refractivity contribution in [2.75, 3.05) is 12.3 Å². The van der Waals surface area contributed by atoms with Gasteiger partial charge in [0.2, 0.25) is 5.91 Å². The number of amides is 1. The van der Waals surface area contributed by atoms with Crippen molar-refractivity contribution in [2.24, 2.45) is 0 Å². The van der Waals surface area contributed by atoms with Crippen molar-refractivity contribution in [3.05, 3.63) is 81.4 Å². The third-order valence-electron chi connectivity index (χ3n) is 3.60. The quantitative estimate of drug-likeness (QED) is 0.336. The van der Waals surface area contributed by atoms with Crippen molar-refractivity contribution in [1.29, 1.82) is 0 Å². The van der Waals surface area contributed by atoms with Crippen molar-refractivity contribution < 1.29 is 9.72 Å². The minimum atomic E-state index is -0.450. The van der Waals surface area contributed by atoms with Gasteiger partial charge < -0.3 is 5.32 Å². The number of hydrogen-bond acceptors (Lipinski definition) is 4. The molecule has 1 N–H and O–H groups in total. The molecule has 0 aliphatic carbocycles. The number of benzene rings is 2. The monoisotopic (exact) mass is 356 g/mol. The highest BCUT2D eigenvalue weighted by Crippen LogP contribution is 2.15. The Labute approximate surface area is 151 Å². The van der Waals surface area contributed by atoms with Gasteiger partial charge in [-0.1, -0.05) is 24.3 Å². The molecule has 1 amide bonds. The summed E-state index contributed by atoms with van der Waals surface area (Å²) in [5, 5.41) is 13.4. The summed E-state index contributed by atoms with van der Waals surface area (Å²) in [5.74, 6) is 1.60. The van der Waals surface area contributed by atoms with Crippen LogP contribution < -0.4 is 5.32 Å². The smallest absolute Gasteiger partial charge is 0.269 e. The number of carbonyl (C=O) groups is 1. The second-order valence-corrected chi connectivity index (χ2v) is 6.56. The fourth-order valence-corrected chi connectivity index (χ4v) is 3.07. The maximum Gasteiger partial charge on any atom is 0.269 e. The molecule has 0 spiro atoms. The number of thioether (sulfide) groups is 1. The largest absolute Gasteiger partial charge is 0.352 e. The zero-order valence-corrected chi connectivity index (χ0v) is 14.8. The van der Waals surface area contributed by atoms with Crippen LogP contribution >= 0.6 is 11.8 Å². The lowest BCUT2D eigenvalue weighted by molar-refractivity contribution is -0.384. The standard InChI is InChI=1S/C19H20N2O3S/c1-15-4-2-3-5-17(15)14-25-13-12-20-19(22)11-8-16-6-9-18(10-7-16)21(23)24/h2-11H,12-14H2,1H3,(H,20,22)/b11-8+. The average Bonchev–Trinajstić information content (AvgIpc) is 2.61. The molecule has 0 atom stereocenters. The maximum atomic E-state index is 11.8. The first-order chi connectivity index (χ1) is 12.1. The van der Waals surface area contributed by atoms with Crippen molar-refractivity contribution in [3.63, 3.8) is 0 Å².